The van der Waals surface area contributed by atoms with Gasteiger partial charge in [-0.05, 0) is 12.0 Å². The number of H-pyrrole nitrogens is 1. The van der Waals surface area contributed by atoms with E-state index in [0.29, 0.717) is 0 Å². The number of alkyl halides is 1. The monoisotopic (exact) mass is 242 g/mol. The Bertz CT molecular complexity index is 373. The van der Waals surface area contributed by atoms with Gasteiger partial charge in [-0.3, -0.25) is 0 Å². The first-order chi connectivity index (χ1) is 6.86. The van der Waals surface area contributed by atoms with Gasteiger partial charge in [0.15, 0.2) is 0 Å². The zero-order valence-electron chi connectivity index (χ0n) is 8.06. The SMILES string of the molecule is Cl.ClC(Cc1ccccc1)c1ncc[nH]1. The molecular weight excluding hydrogens is 231 g/mol. The molecule has 0 bridgehead atoms. The van der Waals surface area contributed by atoms with Crippen molar-refractivity contribution in [2.45, 2.75) is 11.8 Å². The molecule has 0 aliphatic heterocycles. The molecule has 1 aromatic carbocycles. The summed E-state index contributed by atoms with van der Waals surface area (Å²) in [4.78, 5) is 7.14. The van der Waals surface area contributed by atoms with Crippen molar-refractivity contribution in [3.8, 4) is 0 Å². The van der Waals surface area contributed by atoms with Crippen LogP contribution in [0, 0.1) is 0 Å². The van der Waals surface area contributed by atoms with Gasteiger partial charge in [-0.2, -0.15) is 0 Å². The molecule has 2 aromatic rings. The summed E-state index contributed by atoms with van der Waals surface area (Å²) >= 11 is 6.19. The van der Waals surface area contributed by atoms with Crippen LogP contribution >= 0.6 is 24.0 Å². The molecule has 4 heteroatoms. The predicted molar refractivity (Wildman–Crippen MR) is 64.6 cm³/mol. The lowest BCUT2D eigenvalue weighted by Crippen LogP contribution is -1.97. The summed E-state index contributed by atoms with van der Waals surface area (Å²) in [7, 11) is 0. The third-order valence-corrected chi connectivity index (χ3v) is 2.43. The fraction of sp³-hybridized carbons (Fsp3) is 0.182. The van der Waals surface area contributed by atoms with Gasteiger partial charge in [-0.1, -0.05) is 30.3 Å². The molecule has 15 heavy (non-hydrogen) atoms. The summed E-state index contributed by atoms with van der Waals surface area (Å²) in [5.74, 6) is 0.829. The molecule has 0 saturated heterocycles. The summed E-state index contributed by atoms with van der Waals surface area (Å²) in [6.45, 7) is 0. The van der Waals surface area contributed by atoms with Gasteiger partial charge in [0.2, 0.25) is 0 Å². The van der Waals surface area contributed by atoms with Gasteiger partial charge in [0, 0.05) is 12.4 Å². The molecule has 1 heterocycles. The van der Waals surface area contributed by atoms with Crippen LogP contribution in [-0.2, 0) is 6.42 Å². The molecule has 1 atom stereocenters. The molecule has 0 spiro atoms. The highest BCUT2D eigenvalue weighted by atomic mass is 35.5. The van der Waals surface area contributed by atoms with Gasteiger partial charge >= 0.3 is 0 Å². The van der Waals surface area contributed by atoms with E-state index < -0.39 is 0 Å². The van der Waals surface area contributed by atoms with Gasteiger partial charge in [-0.25, -0.2) is 4.98 Å². The van der Waals surface area contributed by atoms with E-state index in [9.17, 15) is 0 Å². The summed E-state index contributed by atoms with van der Waals surface area (Å²) in [6, 6.07) is 10.2. The van der Waals surface area contributed by atoms with Crippen LogP contribution in [0.2, 0.25) is 0 Å². The number of halogens is 2. The number of aromatic amines is 1. The molecule has 0 radical (unpaired) electrons. The Labute approximate surface area is 100 Å². The topological polar surface area (TPSA) is 28.7 Å². The lowest BCUT2D eigenvalue weighted by molar-refractivity contribution is 0.849. The summed E-state index contributed by atoms with van der Waals surface area (Å²) < 4.78 is 0. The van der Waals surface area contributed by atoms with Crippen molar-refractivity contribution >= 4 is 24.0 Å². The first-order valence-electron chi connectivity index (χ1n) is 4.53. The van der Waals surface area contributed by atoms with Crippen LogP contribution in [0.1, 0.15) is 16.8 Å². The molecule has 0 amide bonds. The van der Waals surface area contributed by atoms with Gasteiger partial charge in [0.1, 0.15) is 5.82 Å². The molecule has 1 N–H and O–H groups in total. The van der Waals surface area contributed by atoms with Crippen molar-refractivity contribution in [2.24, 2.45) is 0 Å². The molecule has 0 saturated carbocycles. The molecule has 2 nitrogen and oxygen atoms in total. The van der Waals surface area contributed by atoms with Crippen LogP contribution in [0.25, 0.3) is 0 Å². The Balaban J connectivity index is 0.00000112. The molecule has 1 aromatic heterocycles. The normalized spacial score (nSPS) is 11.8. The van der Waals surface area contributed by atoms with E-state index in [0.717, 1.165) is 12.2 Å². The predicted octanol–water partition coefficient (Wildman–Crippen LogP) is 3.35. The molecule has 0 aliphatic rings. The third-order valence-electron chi connectivity index (χ3n) is 2.07. The number of imidazole rings is 1. The van der Waals surface area contributed by atoms with E-state index in [1.54, 1.807) is 12.4 Å². The average Bonchev–Trinajstić information content (AvgIpc) is 2.72. The summed E-state index contributed by atoms with van der Waals surface area (Å²) in [6.07, 6.45) is 4.31. The van der Waals surface area contributed by atoms with Crippen molar-refractivity contribution < 1.29 is 0 Å². The number of aromatic nitrogens is 2. The second-order valence-electron chi connectivity index (χ2n) is 3.13. The highest BCUT2D eigenvalue weighted by molar-refractivity contribution is 6.20. The molecule has 0 aliphatic carbocycles. The number of hydrogen-bond donors (Lipinski definition) is 1. The number of benzene rings is 1. The van der Waals surface area contributed by atoms with E-state index >= 15 is 0 Å². The van der Waals surface area contributed by atoms with Gasteiger partial charge < -0.3 is 4.98 Å². The van der Waals surface area contributed by atoms with Crippen molar-refractivity contribution in [1.29, 1.82) is 0 Å². The first kappa shape index (κ1) is 12.1. The maximum absolute atomic E-state index is 6.19. The smallest absolute Gasteiger partial charge is 0.124 e. The quantitative estimate of drug-likeness (QED) is 0.822. The van der Waals surface area contributed by atoms with E-state index in [4.69, 9.17) is 11.6 Å². The van der Waals surface area contributed by atoms with Crippen LogP contribution in [-0.4, -0.2) is 9.97 Å². The number of hydrogen-bond acceptors (Lipinski definition) is 1. The fourth-order valence-electron chi connectivity index (χ4n) is 1.37. The maximum Gasteiger partial charge on any atom is 0.124 e. The Morgan fingerprint density at radius 2 is 2.00 bits per heavy atom. The number of nitrogens with one attached hydrogen (secondary N) is 1. The Morgan fingerprint density at radius 1 is 1.27 bits per heavy atom. The number of nitrogens with zero attached hydrogens (tertiary/aromatic N) is 1. The Kier molecular flexibility index (Phi) is 4.66. The van der Waals surface area contributed by atoms with Crippen LogP contribution in [0.3, 0.4) is 0 Å². The zero-order valence-corrected chi connectivity index (χ0v) is 9.63. The van der Waals surface area contributed by atoms with Crippen LogP contribution in [0.5, 0.6) is 0 Å². The van der Waals surface area contributed by atoms with Crippen LogP contribution < -0.4 is 0 Å². The minimum atomic E-state index is -0.0765. The van der Waals surface area contributed by atoms with E-state index in [1.165, 1.54) is 5.56 Å². The molecule has 0 fully saturated rings. The molecular formula is C11H12Cl2N2. The fourth-order valence-corrected chi connectivity index (χ4v) is 1.66. The minimum absolute atomic E-state index is 0. The average molecular weight is 243 g/mol. The third kappa shape index (κ3) is 3.26. The summed E-state index contributed by atoms with van der Waals surface area (Å²) in [5, 5.41) is -0.0765. The lowest BCUT2D eigenvalue weighted by Gasteiger charge is -2.05. The van der Waals surface area contributed by atoms with Gasteiger partial charge in [0.05, 0.1) is 5.38 Å². The van der Waals surface area contributed by atoms with Crippen molar-refractivity contribution in [1.82, 2.24) is 9.97 Å². The highest BCUT2D eigenvalue weighted by Gasteiger charge is 2.10. The first-order valence-corrected chi connectivity index (χ1v) is 4.97. The maximum atomic E-state index is 6.19. The van der Waals surface area contributed by atoms with Crippen molar-refractivity contribution in [3.05, 3.63) is 54.1 Å². The van der Waals surface area contributed by atoms with Gasteiger partial charge in [0.25, 0.3) is 0 Å². The number of rotatable bonds is 3. The van der Waals surface area contributed by atoms with Gasteiger partial charge in [-0.15, -0.1) is 24.0 Å². The van der Waals surface area contributed by atoms with Crippen LogP contribution in [0.15, 0.2) is 42.7 Å². The minimum Gasteiger partial charge on any atom is -0.347 e. The molecule has 80 valence electrons. The standard InChI is InChI=1S/C11H11ClN2.ClH/c12-10(11-13-6-7-14-11)8-9-4-2-1-3-5-9;/h1-7,10H,8H2,(H,13,14);1H. The molecule has 2 rings (SSSR count). The zero-order chi connectivity index (χ0) is 9.80. The Hall–Kier alpha value is -0.990. The second kappa shape index (κ2) is 5.79. The largest absolute Gasteiger partial charge is 0.347 e. The van der Waals surface area contributed by atoms with E-state index in [2.05, 4.69) is 22.1 Å². The summed E-state index contributed by atoms with van der Waals surface area (Å²) in [5.41, 5.74) is 1.23. The van der Waals surface area contributed by atoms with Crippen molar-refractivity contribution in [2.75, 3.05) is 0 Å². The second-order valence-corrected chi connectivity index (χ2v) is 3.66. The van der Waals surface area contributed by atoms with Crippen molar-refractivity contribution in [3.63, 3.8) is 0 Å². The Morgan fingerprint density at radius 3 is 2.60 bits per heavy atom. The lowest BCUT2D eigenvalue weighted by atomic mass is 10.1. The van der Waals surface area contributed by atoms with E-state index in [1.807, 2.05) is 18.2 Å². The van der Waals surface area contributed by atoms with E-state index in [-0.39, 0.29) is 17.8 Å². The highest BCUT2D eigenvalue weighted by Crippen LogP contribution is 2.21. The van der Waals surface area contributed by atoms with Crippen LogP contribution in [0.4, 0.5) is 0 Å². The molecule has 1 unspecified atom stereocenters.